The summed E-state index contributed by atoms with van der Waals surface area (Å²) in [7, 11) is 0. The highest BCUT2D eigenvalue weighted by atomic mass is 32.2. The minimum atomic E-state index is -0.510. The van der Waals surface area contributed by atoms with Crippen LogP contribution in [0.2, 0.25) is 0 Å². The van der Waals surface area contributed by atoms with Gasteiger partial charge in [-0.05, 0) is 43.5 Å². The second-order valence-corrected chi connectivity index (χ2v) is 10.8. The Labute approximate surface area is 241 Å². The highest BCUT2D eigenvalue weighted by Crippen LogP contribution is 2.36. The Morgan fingerprint density at radius 1 is 1.02 bits per heavy atom. The van der Waals surface area contributed by atoms with Crippen molar-refractivity contribution in [1.29, 1.82) is 0 Å². The number of thioether (sulfide) groups is 1. The number of unbranched alkanes of at least 4 members (excludes halogenated alkanes) is 1. The van der Waals surface area contributed by atoms with Gasteiger partial charge >= 0.3 is 5.97 Å². The maximum atomic E-state index is 13.7. The molecule has 2 aliphatic heterocycles. The number of ether oxygens (including phenoxy) is 5. The molecule has 1 atom stereocenters. The first-order valence-electron chi connectivity index (χ1n) is 13.8. The van der Waals surface area contributed by atoms with Gasteiger partial charge in [0.1, 0.15) is 5.25 Å². The number of carbonyl (C=O) groups excluding carboxylic acids is 2. The van der Waals surface area contributed by atoms with Crippen molar-refractivity contribution < 1.29 is 33.3 Å². The number of amides is 1. The number of carbonyl (C=O) groups is 2. The van der Waals surface area contributed by atoms with Crippen molar-refractivity contribution in [2.45, 2.75) is 69.4 Å². The Morgan fingerprint density at radius 3 is 2.51 bits per heavy atom. The first kappa shape index (κ1) is 28.6. The van der Waals surface area contributed by atoms with Gasteiger partial charge in [-0.1, -0.05) is 37.6 Å². The number of rotatable bonds is 13. The number of hydrogen-bond donors (Lipinski definition) is 1. The molecule has 1 N–H and O–H groups in total. The van der Waals surface area contributed by atoms with Crippen LogP contribution in [0.5, 0.6) is 23.0 Å². The Bertz CT molecular complexity index is 1490. The molecule has 0 fully saturated rings. The third kappa shape index (κ3) is 6.70. The molecule has 2 aromatic carbocycles. The van der Waals surface area contributed by atoms with Crippen LogP contribution in [-0.2, 0) is 27.4 Å². The van der Waals surface area contributed by atoms with Gasteiger partial charge in [0.05, 0.1) is 17.5 Å². The lowest BCUT2D eigenvalue weighted by atomic mass is 10.2. The minimum absolute atomic E-state index is 0.0742. The summed E-state index contributed by atoms with van der Waals surface area (Å²) in [5, 5.41) is 3.18. The normalized spacial score (nSPS) is 13.8. The molecule has 3 aromatic rings. The molecule has 218 valence electrons. The second-order valence-electron chi connectivity index (χ2n) is 9.64. The maximum absolute atomic E-state index is 13.7. The first-order valence-corrected chi connectivity index (χ1v) is 14.7. The molecule has 5 rings (SSSR count). The van der Waals surface area contributed by atoms with Gasteiger partial charge in [0.2, 0.25) is 19.5 Å². The standard InChI is InChI=1S/C29H33N3O8S/c1-3-5-7-25(28(35)36-4-2)41-29-31-20-14-24-23(39-17-40-24)13-19(20)27(34)32(29)11-6-8-26(33)30-15-18-9-10-21-22(12-18)38-16-37-21/h9-10,12-14,25H,3-8,11,15-17H2,1-2H3,(H,30,33)/t25-/m0/s1. The third-order valence-electron chi connectivity index (χ3n) is 6.74. The van der Waals surface area contributed by atoms with E-state index in [0.717, 1.165) is 18.4 Å². The average Bonchev–Trinajstić information content (AvgIpc) is 3.63. The first-order chi connectivity index (χ1) is 20.0. The topological polar surface area (TPSA) is 127 Å². The Balaban J connectivity index is 1.32. The van der Waals surface area contributed by atoms with E-state index in [2.05, 4.69) is 12.2 Å². The number of nitrogens with zero attached hydrogens (tertiary/aromatic N) is 2. The molecule has 0 spiro atoms. The van der Waals surface area contributed by atoms with E-state index in [9.17, 15) is 14.4 Å². The van der Waals surface area contributed by atoms with E-state index in [4.69, 9.17) is 28.7 Å². The largest absolute Gasteiger partial charge is 0.465 e. The van der Waals surface area contributed by atoms with Crippen molar-refractivity contribution in [1.82, 2.24) is 14.9 Å². The van der Waals surface area contributed by atoms with Gasteiger partial charge in [-0.3, -0.25) is 19.0 Å². The van der Waals surface area contributed by atoms with Crippen molar-refractivity contribution in [3.8, 4) is 23.0 Å². The Hall–Kier alpha value is -3.93. The number of esters is 1. The van der Waals surface area contributed by atoms with Gasteiger partial charge in [0.15, 0.2) is 28.2 Å². The lowest BCUT2D eigenvalue weighted by molar-refractivity contribution is -0.142. The van der Waals surface area contributed by atoms with Crippen LogP contribution in [0.25, 0.3) is 10.9 Å². The van der Waals surface area contributed by atoms with Crippen molar-refractivity contribution in [3.63, 3.8) is 0 Å². The summed E-state index contributed by atoms with van der Waals surface area (Å²) < 4.78 is 28.5. The molecule has 0 unspecified atom stereocenters. The fraction of sp³-hybridized carbons (Fsp3) is 0.448. The van der Waals surface area contributed by atoms with Crippen LogP contribution in [0.3, 0.4) is 0 Å². The summed E-state index contributed by atoms with van der Waals surface area (Å²) in [6.07, 6.45) is 2.95. The Morgan fingerprint density at radius 2 is 1.76 bits per heavy atom. The molecule has 12 heteroatoms. The molecule has 0 saturated heterocycles. The van der Waals surface area contributed by atoms with Crippen LogP contribution < -0.4 is 29.8 Å². The lowest BCUT2D eigenvalue weighted by Gasteiger charge is -2.18. The van der Waals surface area contributed by atoms with Crippen molar-refractivity contribution in [2.24, 2.45) is 0 Å². The highest BCUT2D eigenvalue weighted by molar-refractivity contribution is 8.00. The second kappa shape index (κ2) is 13.2. The molecule has 1 amide bonds. The molecule has 0 aliphatic carbocycles. The monoisotopic (exact) mass is 583 g/mol. The summed E-state index contributed by atoms with van der Waals surface area (Å²) in [5.74, 6) is 1.87. The minimum Gasteiger partial charge on any atom is -0.465 e. The molecule has 11 nitrogen and oxygen atoms in total. The van der Waals surface area contributed by atoms with Gasteiger partial charge in [0, 0.05) is 25.6 Å². The fourth-order valence-corrected chi connectivity index (χ4v) is 5.75. The van der Waals surface area contributed by atoms with Crippen LogP contribution in [0, 0.1) is 0 Å². The highest BCUT2D eigenvalue weighted by Gasteiger charge is 2.25. The summed E-state index contributed by atoms with van der Waals surface area (Å²) in [6, 6.07) is 8.86. The zero-order valence-electron chi connectivity index (χ0n) is 23.1. The predicted molar refractivity (Wildman–Crippen MR) is 152 cm³/mol. The fourth-order valence-electron chi connectivity index (χ4n) is 4.59. The molecule has 0 bridgehead atoms. The number of hydrogen-bond acceptors (Lipinski definition) is 10. The average molecular weight is 584 g/mol. The van der Waals surface area contributed by atoms with E-state index in [0.29, 0.717) is 58.4 Å². The number of fused-ring (bicyclic) bond motifs is 3. The maximum Gasteiger partial charge on any atom is 0.319 e. The smallest absolute Gasteiger partial charge is 0.319 e. The van der Waals surface area contributed by atoms with Crippen LogP contribution in [0.15, 0.2) is 40.3 Å². The van der Waals surface area contributed by atoms with E-state index < -0.39 is 5.25 Å². The number of aromatic nitrogens is 2. The van der Waals surface area contributed by atoms with Crippen molar-refractivity contribution >= 4 is 34.5 Å². The Kier molecular flexibility index (Phi) is 9.17. The molecule has 2 aliphatic rings. The van der Waals surface area contributed by atoms with Crippen LogP contribution >= 0.6 is 11.8 Å². The third-order valence-corrected chi connectivity index (χ3v) is 7.98. The molecule has 0 radical (unpaired) electrons. The molecule has 3 heterocycles. The van der Waals surface area contributed by atoms with Gasteiger partial charge in [-0.2, -0.15) is 0 Å². The zero-order valence-corrected chi connectivity index (χ0v) is 23.9. The molecule has 41 heavy (non-hydrogen) atoms. The van der Waals surface area contributed by atoms with E-state index in [1.165, 1.54) is 11.8 Å². The van der Waals surface area contributed by atoms with Gasteiger partial charge in [-0.15, -0.1) is 0 Å². The van der Waals surface area contributed by atoms with Gasteiger partial charge in [0.25, 0.3) is 5.56 Å². The van der Waals surface area contributed by atoms with Gasteiger partial charge < -0.3 is 29.0 Å². The number of benzene rings is 2. The zero-order chi connectivity index (χ0) is 28.8. The van der Waals surface area contributed by atoms with E-state index in [1.807, 2.05) is 18.2 Å². The SMILES string of the molecule is CCCC[C@H](Sc1nc2cc3c(cc2c(=O)n1CCCC(=O)NCc1ccc2c(c1)OCO2)OCO3)C(=O)OCC. The summed E-state index contributed by atoms with van der Waals surface area (Å²) >= 11 is 1.22. The predicted octanol–water partition coefficient (Wildman–Crippen LogP) is 4.16. The summed E-state index contributed by atoms with van der Waals surface area (Å²) in [6.45, 7) is 4.95. The molecular formula is C29H33N3O8S. The van der Waals surface area contributed by atoms with Gasteiger partial charge in [-0.25, -0.2) is 4.98 Å². The summed E-state index contributed by atoms with van der Waals surface area (Å²) in [4.78, 5) is 43.9. The lowest BCUT2D eigenvalue weighted by Crippen LogP contribution is -2.28. The van der Waals surface area contributed by atoms with E-state index >= 15 is 0 Å². The molecular weight excluding hydrogens is 550 g/mol. The van der Waals surface area contributed by atoms with Crippen molar-refractivity contribution in [2.75, 3.05) is 20.2 Å². The molecule has 0 saturated carbocycles. The van der Waals surface area contributed by atoms with Crippen LogP contribution in [0.4, 0.5) is 0 Å². The van der Waals surface area contributed by atoms with Crippen LogP contribution in [0.1, 0.15) is 51.5 Å². The van der Waals surface area contributed by atoms with Crippen molar-refractivity contribution in [3.05, 3.63) is 46.2 Å². The van der Waals surface area contributed by atoms with E-state index in [-0.39, 0.29) is 50.6 Å². The summed E-state index contributed by atoms with van der Waals surface area (Å²) in [5.41, 5.74) is 1.08. The molecule has 1 aromatic heterocycles. The van der Waals surface area contributed by atoms with Crippen LogP contribution in [-0.4, -0.2) is 46.9 Å². The quantitative estimate of drug-likeness (QED) is 0.178. The van der Waals surface area contributed by atoms with E-state index in [1.54, 1.807) is 23.6 Å². The number of nitrogens with one attached hydrogen (secondary N) is 1.